The molecule has 1 aliphatic rings. The van der Waals surface area contributed by atoms with Gasteiger partial charge in [-0.1, -0.05) is 6.92 Å². The number of rotatable bonds is 8. The molecule has 0 saturated heterocycles. The molecule has 0 spiro atoms. The predicted octanol–water partition coefficient (Wildman–Crippen LogP) is 1.88. The Kier molecular flexibility index (Phi) is 6.94. The van der Waals surface area contributed by atoms with Crippen molar-refractivity contribution >= 4 is 23.2 Å². The van der Waals surface area contributed by atoms with Gasteiger partial charge in [0.1, 0.15) is 11.5 Å². The normalized spacial score (nSPS) is 22.3. The lowest BCUT2D eigenvalue weighted by atomic mass is 9.83. The zero-order chi connectivity index (χ0) is 19.1. The van der Waals surface area contributed by atoms with E-state index in [1.807, 2.05) is 6.92 Å². The van der Waals surface area contributed by atoms with E-state index in [1.165, 1.54) is 11.3 Å². The van der Waals surface area contributed by atoms with E-state index in [4.69, 9.17) is 4.74 Å². The van der Waals surface area contributed by atoms with Gasteiger partial charge >= 0.3 is 0 Å². The van der Waals surface area contributed by atoms with Crippen molar-refractivity contribution in [2.75, 3.05) is 6.61 Å². The molecule has 2 amide bonds. The van der Waals surface area contributed by atoms with Gasteiger partial charge in [-0.15, -0.1) is 11.3 Å². The van der Waals surface area contributed by atoms with Gasteiger partial charge in [0, 0.05) is 30.3 Å². The number of nitrogens with zero attached hydrogens (tertiary/aromatic N) is 2. The van der Waals surface area contributed by atoms with Crippen LogP contribution in [-0.4, -0.2) is 45.5 Å². The minimum absolute atomic E-state index is 0.000719. The van der Waals surface area contributed by atoms with E-state index in [0.29, 0.717) is 38.1 Å². The molecule has 9 heteroatoms. The number of aromatic nitrogens is 3. The highest BCUT2D eigenvalue weighted by molar-refractivity contribution is 7.07. The van der Waals surface area contributed by atoms with Crippen molar-refractivity contribution in [3.05, 3.63) is 34.8 Å². The van der Waals surface area contributed by atoms with E-state index in [9.17, 15) is 9.59 Å². The van der Waals surface area contributed by atoms with Crippen molar-refractivity contribution in [3.8, 4) is 0 Å². The van der Waals surface area contributed by atoms with Crippen LogP contribution in [0.5, 0.6) is 0 Å². The fourth-order valence-corrected chi connectivity index (χ4v) is 3.79. The number of hydrogen-bond donors (Lipinski definition) is 3. The lowest BCUT2D eigenvalue weighted by Gasteiger charge is -2.35. The number of ether oxygens (including phenoxy) is 1. The van der Waals surface area contributed by atoms with Crippen LogP contribution < -0.4 is 10.6 Å². The van der Waals surface area contributed by atoms with Crippen LogP contribution in [-0.2, 0) is 16.1 Å². The zero-order valence-corrected chi connectivity index (χ0v) is 16.1. The number of amides is 2. The lowest BCUT2D eigenvalue weighted by Crippen LogP contribution is -2.50. The molecular formula is C18H25N5O3S. The molecular weight excluding hydrogens is 366 g/mol. The molecule has 8 nitrogen and oxygen atoms in total. The Morgan fingerprint density at radius 1 is 1.37 bits per heavy atom. The Labute approximate surface area is 162 Å². The first-order valence-electron chi connectivity index (χ1n) is 9.24. The van der Waals surface area contributed by atoms with Gasteiger partial charge in [-0.05, 0) is 25.7 Å². The minimum Gasteiger partial charge on any atom is -0.376 e. The molecule has 0 aromatic carbocycles. The van der Waals surface area contributed by atoms with Gasteiger partial charge < -0.3 is 20.4 Å². The van der Waals surface area contributed by atoms with Crippen LogP contribution in [0.3, 0.4) is 0 Å². The number of thiazole rings is 1. The monoisotopic (exact) mass is 391 g/mol. The van der Waals surface area contributed by atoms with E-state index >= 15 is 0 Å². The number of hydrogen-bond acceptors (Lipinski definition) is 6. The molecule has 2 aromatic rings. The van der Waals surface area contributed by atoms with Crippen LogP contribution in [0.4, 0.5) is 0 Å². The fraction of sp³-hybridized carbons (Fsp3) is 0.556. The standard InChI is InChI=1S/C18H25N5O3S/c1-2-7-26-15-8-12(17(24)21-9-16-19-5-6-20-16)3-4-13(15)23-18(25)14-10-27-11-22-14/h5-6,10-13,15H,2-4,7-9H2,1H3,(H,19,20)(H,21,24)(H,23,25)/t12-,13+,15+/m0/s1. The number of carbonyl (C=O) groups is 2. The van der Waals surface area contributed by atoms with Crippen molar-refractivity contribution in [1.29, 1.82) is 0 Å². The number of nitrogens with one attached hydrogen (secondary N) is 3. The molecule has 0 unspecified atom stereocenters. The highest BCUT2D eigenvalue weighted by Gasteiger charge is 2.35. The van der Waals surface area contributed by atoms with Crippen molar-refractivity contribution in [1.82, 2.24) is 25.6 Å². The van der Waals surface area contributed by atoms with E-state index in [0.717, 1.165) is 12.2 Å². The molecule has 0 bridgehead atoms. The number of H-pyrrole nitrogens is 1. The first-order valence-corrected chi connectivity index (χ1v) is 10.2. The minimum atomic E-state index is -0.188. The zero-order valence-electron chi connectivity index (χ0n) is 15.3. The smallest absolute Gasteiger partial charge is 0.271 e. The summed E-state index contributed by atoms with van der Waals surface area (Å²) in [5.41, 5.74) is 2.06. The van der Waals surface area contributed by atoms with Crippen molar-refractivity contribution in [3.63, 3.8) is 0 Å². The molecule has 2 aromatic heterocycles. The van der Waals surface area contributed by atoms with Gasteiger partial charge in [-0.25, -0.2) is 9.97 Å². The van der Waals surface area contributed by atoms with E-state index in [-0.39, 0.29) is 29.9 Å². The van der Waals surface area contributed by atoms with Crippen LogP contribution in [0.15, 0.2) is 23.3 Å². The second-order valence-electron chi connectivity index (χ2n) is 6.63. The molecule has 2 heterocycles. The summed E-state index contributed by atoms with van der Waals surface area (Å²) in [6.45, 7) is 3.03. The number of imidazole rings is 1. The second-order valence-corrected chi connectivity index (χ2v) is 7.35. The van der Waals surface area contributed by atoms with Crippen molar-refractivity contribution in [2.45, 2.75) is 51.3 Å². The second kappa shape index (κ2) is 9.61. The van der Waals surface area contributed by atoms with Crippen molar-refractivity contribution in [2.24, 2.45) is 5.92 Å². The average Bonchev–Trinajstić information content (AvgIpc) is 3.39. The van der Waals surface area contributed by atoms with Gasteiger partial charge in [-0.3, -0.25) is 9.59 Å². The third-order valence-corrected chi connectivity index (χ3v) is 5.25. The summed E-state index contributed by atoms with van der Waals surface area (Å²) in [7, 11) is 0. The van der Waals surface area contributed by atoms with E-state index in [2.05, 4.69) is 25.6 Å². The number of carbonyl (C=O) groups excluding carboxylic acids is 2. The fourth-order valence-electron chi connectivity index (χ4n) is 3.26. The van der Waals surface area contributed by atoms with Crippen LogP contribution in [0.1, 0.15) is 48.9 Å². The highest BCUT2D eigenvalue weighted by atomic mass is 32.1. The SMILES string of the molecule is CCCO[C@@H]1C[C@@H](C(=O)NCc2ncc[nH]2)CC[C@H]1NC(=O)c1cscn1. The molecule has 0 radical (unpaired) electrons. The van der Waals surface area contributed by atoms with Crippen molar-refractivity contribution < 1.29 is 14.3 Å². The first kappa shape index (κ1) is 19.5. The van der Waals surface area contributed by atoms with Crippen LogP contribution in [0, 0.1) is 5.92 Å². The quantitative estimate of drug-likeness (QED) is 0.637. The summed E-state index contributed by atoms with van der Waals surface area (Å²) in [4.78, 5) is 36.0. The molecule has 1 fully saturated rings. The third-order valence-electron chi connectivity index (χ3n) is 4.66. The molecule has 1 aliphatic carbocycles. The number of aromatic amines is 1. The molecule has 3 atom stereocenters. The average molecular weight is 391 g/mol. The summed E-state index contributed by atoms with van der Waals surface area (Å²) < 4.78 is 5.96. The van der Waals surface area contributed by atoms with Gasteiger partial charge in [0.2, 0.25) is 5.91 Å². The maximum absolute atomic E-state index is 12.5. The first-order chi connectivity index (χ1) is 13.2. The summed E-state index contributed by atoms with van der Waals surface area (Å²) >= 11 is 1.39. The molecule has 3 rings (SSSR count). The summed E-state index contributed by atoms with van der Waals surface area (Å²) in [5, 5.41) is 7.68. The van der Waals surface area contributed by atoms with E-state index < -0.39 is 0 Å². The van der Waals surface area contributed by atoms with Gasteiger partial charge in [0.05, 0.1) is 24.2 Å². The molecule has 0 aliphatic heterocycles. The molecule has 1 saturated carbocycles. The largest absolute Gasteiger partial charge is 0.376 e. The Morgan fingerprint density at radius 3 is 2.96 bits per heavy atom. The predicted molar refractivity (Wildman–Crippen MR) is 101 cm³/mol. The topological polar surface area (TPSA) is 109 Å². The van der Waals surface area contributed by atoms with Gasteiger partial charge in [0.25, 0.3) is 5.91 Å². The Balaban J connectivity index is 1.56. The van der Waals surface area contributed by atoms with Gasteiger partial charge in [0.15, 0.2) is 0 Å². The third kappa shape index (κ3) is 5.36. The van der Waals surface area contributed by atoms with Crippen LogP contribution >= 0.6 is 11.3 Å². The lowest BCUT2D eigenvalue weighted by molar-refractivity contribution is -0.128. The molecule has 3 N–H and O–H groups in total. The molecule has 146 valence electrons. The highest BCUT2D eigenvalue weighted by Crippen LogP contribution is 2.27. The van der Waals surface area contributed by atoms with Crippen LogP contribution in [0.2, 0.25) is 0 Å². The van der Waals surface area contributed by atoms with Gasteiger partial charge in [-0.2, -0.15) is 0 Å². The summed E-state index contributed by atoms with van der Waals surface area (Å²) in [6.07, 6.45) is 6.09. The Morgan fingerprint density at radius 2 is 2.26 bits per heavy atom. The maximum atomic E-state index is 12.5. The molecule has 27 heavy (non-hydrogen) atoms. The Hall–Kier alpha value is -2.26. The van der Waals surface area contributed by atoms with E-state index in [1.54, 1.807) is 23.3 Å². The Bertz CT molecular complexity index is 719. The van der Waals surface area contributed by atoms with Crippen LogP contribution in [0.25, 0.3) is 0 Å². The summed E-state index contributed by atoms with van der Waals surface area (Å²) in [5.74, 6) is 0.411. The summed E-state index contributed by atoms with van der Waals surface area (Å²) in [6, 6.07) is -0.111. The maximum Gasteiger partial charge on any atom is 0.271 e.